The number of ether oxygens (including phenoxy) is 1. The minimum Gasteiger partial charge on any atom is -0.493 e. The zero-order valence-corrected chi connectivity index (χ0v) is 10.0. The second kappa shape index (κ2) is 4.96. The predicted octanol–water partition coefficient (Wildman–Crippen LogP) is 4.05. The van der Waals surface area contributed by atoms with Gasteiger partial charge in [-0.15, -0.1) is 0 Å². The summed E-state index contributed by atoms with van der Waals surface area (Å²) in [6.45, 7) is 0.860. The van der Waals surface area contributed by atoms with Gasteiger partial charge in [-0.05, 0) is 23.8 Å². The van der Waals surface area contributed by atoms with Gasteiger partial charge in [0, 0.05) is 11.8 Å². The minimum atomic E-state index is 0.860. The van der Waals surface area contributed by atoms with Crippen LogP contribution in [0.4, 0.5) is 0 Å². The smallest absolute Gasteiger partial charge is 0.133 e. The monoisotopic (exact) mass is 238 g/mol. The maximum Gasteiger partial charge on any atom is 0.133 e. The average Bonchev–Trinajstić information content (AvgIpc) is 3.08. The van der Waals surface area contributed by atoms with Crippen LogP contribution in [0, 0.1) is 0 Å². The van der Waals surface area contributed by atoms with Crippen molar-refractivity contribution in [2.24, 2.45) is 0 Å². The van der Waals surface area contributed by atoms with Gasteiger partial charge in [0.15, 0.2) is 0 Å². The Bertz CT molecular complexity index is 587. The molecule has 90 valence electrons. The predicted molar refractivity (Wildman–Crippen MR) is 71.9 cm³/mol. The normalized spacial score (nSPS) is 12.4. The van der Waals surface area contributed by atoms with Crippen LogP contribution in [0.3, 0.4) is 0 Å². The number of fused-ring (bicyclic) bond motifs is 2. The molecule has 0 fully saturated rings. The van der Waals surface area contributed by atoms with Crippen LogP contribution in [-0.2, 0) is 6.42 Å². The molecule has 18 heavy (non-hydrogen) atoms. The summed E-state index contributed by atoms with van der Waals surface area (Å²) >= 11 is 0. The first-order chi connectivity index (χ1) is 8.93. The number of hydrogen-bond donors (Lipinski definition) is 0. The zero-order chi connectivity index (χ0) is 12.2. The number of benzene rings is 2. The Labute approximate surface area is 106 Å². The summed E-state index contributed by atoms with van der Waals surface area (Å²) in [4.78, 5) is 0. The first-order valence-corrected chi connectivity index (χ1v) is 6.06. The maximum absolute atomic E-state index is 5.30. The molecule has 0 aliphatic carbocycles. The highest BCUT2D eigenvalue weighted by Crippen LogP contribution is 2.23. The van der Waals surface area contributed by atoms with Gasteiger partial charge in [-0.3, -0.25) is 0 Å². The Morgan fingerprint density at radius 3 is 2.56 bits per heavy atom. The number of hydrogen-bond acceptors (Lipinski definition) is 2. The van der Waals surface area contributed by atoms with Crippen LogP contribution >= 0.6 is 0 Å². The lowest BCUT2D eigenvalue weighted by molar-refractivity contribution is 0.357. The summed E-state index contributed by atoms with van der Waals surface area (Å²) in [6.07, 6.45) is 2.78. The Kier molecular flexibility index (Phi) is 3.01. The molecule has 0 atom stereocenters. The van der Waals surface area contributed by atoms with Gasteiger partial charge in [-0.25, -0.2) is 0 Å². The van der Waals surface area contributed by atoms with Gasteiger partial charge < -0.3 is 9.15 Å². The van der Waals surface area contributed by atoms with Crippen molar-refractivity contribution in [1.82, 2.24) is 0 Å². The van der Waals surface area contributed by atoms with Crippen molar-refractivity contribution in [2.45, 2.75) is 6.42 Å². The molecule has 3 aromatic rings. The largest absolute Gasteiger partial charge is 0.493 e. The molecule has 2 aromatic carbocycles. The fourth-order valence-corrected chi connectivity index (χ4v) is 2.03. The van der Waals surface area contributed by atoms with Crippen molar-refractivity contribution in [3.05, 3.63) is 66.4 Å². The van der Waals surface area contributed by atoms with Gasteiger partial charge in [0.2, 0.25) is 0 Å². The summed E-state index contributed by atoms with van der Waals surface area (Å²) in [7, 11) is 0. The van der Waals surface area contributed by atoms with Gasteiger partial charge in [-0.2, -0.15) is 0 Å². The van der Waals surface area contributed by atoms with E-state index in [1.165, 1.54) is 5.56 Å². The van der Waals surface area contributed by atoms with E-state index in [1.54, 1.807) is 6.26 Å². The molecule has 1 aromatic heterocycles. The molecule has 0 spiro atoms. The molecule has 2 heterocycles. The van der Waals surface area contributed by atoms with Gasteiger partial charge in [0.05, 0.1) is 12.9 Å². The third-order valence-electron chi connectivity index (χ3n) is 2.96. The third kappa shape index (κ3) is 2.23. The molecular formula is C16H14O2. The molecule has 0 saturated carbocycles. The Morgan fingerprint density at radius 2 is 1.67 bits per heavy atom. The Balaban J connectivity index is 0.000000111. The van der Waals surface area contributed by atoms with Crippen molar-refractivity contribution in [3.63, 3.8) is 0 Å². The van der Waals surface area contributed by atoms with E-state index in [-0.39, 0.29) is 0 Å². The highest BCUT2D eigenvalue weighted by atomic mass is 16.5. The quantitative estimate of drug-likeness (QED) is 0.589. The first-order valence-electron chi connectivity index (χ1n) is 6.06. The molecule has 0 unspecified atom stereocenters. The minimum absolute atomic E-state index is 0.860. The molecule has 2 nitrogen and oxygen atoms in total. The maximum atomic E-state index is 5.30. The van der Waals surface area contributed by atoms with Crippen molar-refractivity contribution >= 4 is 11.0 Å². The SMILES string of the molecule is c1ccc2c(c1)CCO2.c1ccc2occc2c1. The van der Waals surface area contributed by atoms with E-state index in [4.69, 9.17) is 9.15 Å². The molecule has 2 heteroatoms. The van der Waals surface area contributed by atoms with Crippen LogP contribution in [0.1, 0.15) is 5.56 Å². The van der Waals surface area contributed by atoms with Crippen LogP contribution in [0.25, 0.3) is 11.0 Å². The van der Waals surface area contributed by atoms with E-state index < -0.39 is 0 Å². The van der Waals surface area contributed by atoms with Gasteiger partial charge >= 0.3 is 0 Å². The van der Waals surface area contributed by atoms with Gasteiger partial charge in [-0.1, -0.05) is 36.4 Å². The van der Waals surface area contributed by atoms with Crippen molar-refractivity contribution in [2.75, 3.05) is 6.61 Å². The molecule has 1 aliphatic heterocycles. The molecule has 0 N–H and O–H groups in total. The van der Waals surface area contributed by atoms with Crippen molar-refractivity contribution in [3.8, 4) is 5.75 Å². The van der Waals surface area contributed by atoms with E-state index >= 15 is 0 Å². The average molecular weight is 238 g/mol. The number of para-hydroxylation sites is 2. The van der Waals surface area contributed by atoms with Crippen LogP contribution in [0.5, 0.6) is 5.75 Å². The first kappa shape index (κ1) is 10.9. The molecule has 0 bridgehead atoms. The second-order valence-corrected chi connectivity index (χ2v) is 4.16. The molecule has 0 radical (unpaired) electrons. The molecular weight excluding hydrogens is 224 g/mol. The van der Waals surface area contributed by atoms with Crippen molar-refractivity contribution < 1.29 is 9.15 Å². The summed E-state index contributed by atoms with van der Waals surface area (Å²) in [5.41, 5.74) is 2.30. The summed E-state index contributed by atoms with van der Waals surface area (Å²) < 4.78 is 10.4. The van der Waals surface area contributed by atoms with Crippen LogP contribution in [0.2, 0.25) is 0 Å². The third-order valence-corrected chi connectivity index (χ3v) is 2.96. The topological polar surface area (TPSA) is 22.4 Å². The highest BCUT2D eigenvalue weighted by molar-refractivity contribution is 5.76. The molecule has 0 amide bonds. The standard InChI is InChI=1S/C8H8O.C8H6O/c2*1-2-4-8-7(3-1)5-6-9-8/h1-4H,5-6H2;1-6H. The summed E-state index contributed by atoms with van der Waals surface area (Å²) in [5.74, 6) is 1.07. The van der Waals surface area contributed by atoms with E-state index in [2.05, 4.69) is 6.07 Å². The molecule has 1 aliphatic rings. The second-order valence-electron chi connectivity index (χ2n) is 4.16. The molecule has 4 rings (SSSR count). The number of rotatable bonds is 0. The van der Waals surface area contributed by atoms with E-state index in [9.17, 15) is 0 Å². The lowest BCUT2D eigenvalue weighted by Gasteiger charge is -1.93. The summed E-state index contributed by atoms with van der Waals surface area (Å²) in [6, 6.07) is 18.1. The fraction of sp³-hybridized carbons (Fsp3) is 0.125. The zero-order valence-electron chi connectivity index (χ0n) is 10.0. The van der Waals surface area contributed by atoms with E-state index in [0.717, 1.165) is 29.7 Å². The van der Waals surface area contributed by atoms with E-state index in [1.807, 2.05) is 48.5 Å². The van der Waals surface area contributed by atoms with Gasteiger partial charge in [0.25, 0.3) is 0 Å². The van der Waals surface area contributed by atoms with Crippen molar-refractivity contribution in [1.29, 1.82) is 0 Å². The Morgan fingerprint density at radius 1 is 0.833 bits per heavy atom. The van der Waals surface area contributed by atoms with Crippen LogP contribution in [0.15, 0.2) is 65.3 Å². The van der Waals surface area contributed by atoms with E-state index in [0.29, 0.717) is 0 Å². The molecule has 0 saturated heterocycles. The van der Waals surface area contributed by atoms with Gasteiger partial charge in [0.1, 0.15) is 11.3 Å². The van der Waals surface area contributed by atoms with Crippen LogP contribution < -0.4 is 4.74 Å². The Hall–Kier alpha value is -2.22. The lowest BCUT2D eigenvalue weighted by atomic mass is 10.2. The van der Waals surface area contributed by atoms with Crippen LogP contribution in [-0.4, -0.2) is 6.61 Å². The highest BCUT2D eigenvalue weighted by Gasteiger charge is 2.08. The fourth-order valence-electron chi connectivity index (χ4n) is 2.03. The number of furan rings is 1. The summed E-state index contributed by atoms with van der Waals surface area (Å²) in [5, 5.41) is 1.16. The lowest BCUT2D eigenvalue weighted by Crippen LogP contribution is -1.85.